The standard InChI is InChI=1S/C14H13N5/c15-11-3-1-10(2-4-11)9-18-13-6-5-12-14(19-13)17-8-7-16-12/h1-8H,9,15H2,(H,17,18,19). The quantitative estimate of drug-likeness (QED) is 0.698. The van der Waals surface area contributed by atoms with Crippen LogP contribution in [0.4, 0.5) is 11.5 Å². The summed E-state index contributed by atoms with van der Waals surface area (Å²) in [7, 11) is 0. The molecule has 0 bridgehead atoms. The maximum atomic E-state index is 5.65. The molecule has 0 radical (unpaired) electrons. The van der Waals surface area contributed by atoms with Crippen LogP contribution in [0, 0.1) is 0 Å². The first-order valence-corrected chi connectivity index (χ1v) is 5.97. The number of nitrogens with one attached hydrogen (secondary N) is 1. The van der Waals surface area contributed by atoms with Crippen LogP contribution in [0.5, 0.6) is 0 Å². The Morgan fingerprint density at radius 1 is 0.947 bits per heavy atom. The number of benzene rings is 1. The SMILES string of the molecule is Nc1ccc(CNc2ccc3nccnc3n2)cc1. The molecule has 0 spiro atoms. The van der Waals surface area contributed by atoms with Crippen molar-refractivity contribution in [1.82, 2.24) is 15.0 Å². The van der Waals surface area contributed by atoms with Gasteiger partial charge in [0.15, 0.2) is 5.65 Å². The van der Waals surface area contributed by atoms with E-state index >= 15 is 0 Å². The summed E-state index contributed by atoms with van der Waals surface area (Å²) in [5.41, 5.74) is 9.00. The van der Waals surface area contributed by atoms with Gasteiger partial charge in [-0.1, -0.05) is 12.1 Å². The third kappa shape index (κ3) is 2.60. The number of anilines is 2. The molecule has 3 N–H and O–H groups in total. The Bertz CT molecular complexity index is 694. The molecule has 0 saturated heterocycles. The predicted octanol–water partition coefficient (Wildman–Crippen LogP) is 2.22. The Balaban J connectivity index is 1.76. The van der Waals surface area contributed by atoms with Gasteiger partial charge >= 0.3 is 0 Å². The van der Waals surface area contributed by atoms with Gasteiger partial charge < -0.3 is 11.1 Å². The van der Waals surface area contributed by atoms with Gasteiger partial charge in [-0.25, -0.2) is 9.97 Å². The average molecular weight is 251 g/mol. The highest BCUT2D eigenvalue weighted by Crippen LogP contribution is 2.12. The molecule has 94 valence electrons. The minimum Gasteiger partial charge on any atom is -0.399 e. The number of nitrogens with two attached hydrogens (primary N) is 1. The smallest absolute Gasteiger partial charge is 0.180 e. The van der Waals surface area contributed by atoms with Gasteiger partial charge in [-0.05, 0) is 29.8 Å². The van der Waals surface area contributed by atoms with Crippen LogP contribution in [0.2, 0.25) is 0 Å². The zero-order chi connectivity index (χ0) is 13.1. The van der Waals surface area contributed by atoms with Crippen LogP contribution >= 0.6 is 0 Å². The molecule has 0 atom stereocenters. The van der Waals surface area contributed by atoms with E-state index in [0.717, 1.165) is 22.6 Å². The van der Waals surface area contributed by atoms with Gasteiger partial charge in [-0.15, -0.1) is 0 Å². The number of fused-ring (bicyclic) bond motifs is 1. The van der Waals surface area contributed by atoms with E-state index in [1.165, 1.54) is 0 Å². The molecule has 19 heavy (non-hydrogen) atoms. The van der Waals surface area contributed by atoms with E-state index in [9.17, 15) is 0 Å². The third-order valence-corrected chi connectivity index (χ3v) is 2.78. The number of nitrogen functional groups attached to an aromatic ring is 1. The first kappa shape index (κ1) is 11.4. The Kier molecular flexibility index (Phi) is 2.94. The monoisotopic (exact) mass is 251 g/mol. The molecule has 3 rings (SSSR count). The van der Waals surface area contributed by atoms with Gasteiger partial charge in [-0.2, -0.15) is 0 Å². The third-order valence-electron chi connectivity index (χ3n) is 2.78. The van der Waals surface area contributed by atoms with E-state index in [-0.39, 0.29) is 0 Å². The van der Waals surface area contributed by atoms with Gasteiger partial charge in [0.2, 0.25) is 0 Å². The Morgan fingerprint density at radius 3 is 2.58 bits per heavy atom. The van der Waals surface area contributed by atoms with Crippen molar-refractivity contribution in [3.05, 3.63) is 54.4 Å². The highest BCUT2D eigenvalue weighted by Gasteiger charge is 1.99. The normalized spacial score (nSPS) is 10.5. The molecule has 5 heteroatoms. The number of aromatic nitrogens is 3. The zero-order valence-electron chi connectivity index (χ0n) is 10.2. The van der Waals surface area contributed by atoms with Crippen molar-refractivity contribution < 1.29 is 0 Å². The number of pyridine rings is 1. The van der Waals surface area contributed by atoms with Crippen LogP contribution in [0.1, 0.15) is 5.56 Å². The molecular formula is C14H13N5. The second-order valence-corrected chi connectivity index (χ2v) is 4.19. The van der Waals surface area contributed by atoms with E-state index in [4.69, 9.17) is 5.73 Å². The van der Waals surface area contributed by atoms with E-state index in [1.54, 1.807) is 12.4 Å². The lowest BCUT2D eigenvalue weighted by Gasteiger charge is -2.06. The number of nitrogens with zero attached hydrogens (tertiary/aromatic N) is 3. The lowest BCUT2D eigenvalue weighted by Crippen LogP contribution is -2.02. The maximum Gasteiger partial charge on any atom is 0.180 e. The fourth-order valence-electron chi connectivity index (χ4n) is 1.78. The molecule has 0 aliphatic carbocycles. The highest BCUT2D eigenvalue weighted by atomic mass is 15.0. The van der Waals surface area contributed by atoms with E-state index < -0.39 is 0 Å². The first-order valence-electron chi connectivity index (χ1n) is 5.97. The average Bonchev–Trinajstić information content (AvgIpc) is 2.46. The van der Waals surface area contributed by atoms with Gasteiger partial charge in [0.05, 0.1) is 0 Å². The van der Waals surface area contributed by atoms with Crippen molar-refractivity contribution in [2.75, 3.05) is 11.1 Å². The molecule has 5 nitrogen and oxygen atoms in total. The summed E-state index contributed by atoms with van der Waals surface area (Å²) in [6.07, 6.45) is 3.30. The Morgan fingerprint density at radius 2 is 1.74 bits per heavy atom. The van der Waals surface area contributed by atoms with E-state index in [0.29, 0.717) is 12.2 Å². The lowest BCUT2D eigenvalue weighted by molar-refractivity contribution is 1.11. The fourth-order valence-corrected chi connectivity index (χ4v) is 1.78. The van der Waals surface area contributed by atoms with E-state index in [1.807, 2.05) is 36.4 Å². The summed E-state index contributed by atoms with van der Waals surface area (Å²) in [6, 6.07) is 11.5. The molecular weight excluding hydrogens is 238 g/mol. The summed E-state index contributed by atoms with van der Waals surface area (Å²) in [5.74, 6) is 0.782. The topological polar surface area (TPSA) is 76.7 Å². The van der Waals surface area contributed by atoms with Gasteiger partial charge in [-0.3, -0.25) is 4.98 Å². The molecule has 0 aliphatic rings. The van der Waals surface area contributed by atoms with Gasteiger partial charge in [0, 0.05) is 24.6 Å². The van der Waals surface area contributed by atoms with Crippen molar-refractivity contribution in [1.29, 1.82) is 0 Å². The summed E-state index contributed by atoms with van der Waals surface area (Å²) in [6.45, 7) is 0.694. The van der Waals surface area contributed by atoms with Crippen molar-refractivity contribution in [2.24, 2.45) is 0 Å². The zero-order valence-corrected chi connectivity index (χ0v) is 10.2. The molecule has 2 aromatic heterocycles. The predicted molar refractivity (Wildman–Crippen MR) is 75.5 cm³/mol. The molecule has 0 saturated carbocycles. The van der Waals surface area contributed by atoms with Crippen molar-refractivity contribution in [3.63, 3.8) is 0 Å². The van der Waals surface area contributed by atoms with Crippen molar-refractivity contribution in [2.45, 2.75) is 6.54 Å². The van der Waals surface area contributed by atoms with Crippen LogP contribution in [-0.4, -0.2) is 15.0 Å². The van der Waals surface area contributed by atoms with Crippen LogP contribution in [0.25, 0.3) is 11.2 Å². The molecule has 0 aliphatic heterocycles. The molecule has 1 aromatic carbocycles. The molecule has 3 aromatic rings. The molecule has 2 heterocycles. The summed E-state index contributed by atoms with van der Waals surface area (Å²) in [5, 5.41) is 3.25. The van der Waals surface area contributed by atoms with Crippen LogP contribution in [0.3, 0.4) is 0 Å². The van der Waals surface area contributed by atoms with Crippen LogP contribution in [0.15, 0.2) is 48.8 Å². The summed E-state index contributed by atoms with van der Waals surface area (Å²) >= 11 is 0. The Hall–Kier alpha value is -2.69. The number of rotatable bonds is 3. The van der Waals surface area contributed by atoms with Crippen molar-refractivity contribution >= 4 is 22.7 Å². The van der Waals surface area contributed by atoms with Crippen LogP contribution in [-0.2, 0) is 6.54 Å². The summed E-state index contributed by atoms with van der Waals surface area (Å²) < 4.78 is 0. The number of hydrogen-bond donors (Lipinski definition) is 2. The van der Waals surface area contributed by atoms with Crippen molar-refractivity contribution in [3.8, 4) is 0 Å². The molecule has 0 unspecified atom stereocenters. The molecule has 0 amide bonds. The molecule has 0 fully saturated rings. The van der Waals surface area contributed by atoms with E-state index in [2.05, 4.69) is 20.3 Å². The lowest BCUT2D eigenvalue weighted by atomic mass is 10.2. The minimum atomic E-state index is 0.643. The minimum absolute atomic E-state index is 0.643. The first-order chi connectivity index (χ1) is 9.31. The Labute approximate surface area is 110 Å². The number of hydrogen-bond acceptors (Lipinski definition) is 5. The summed E-state index contributed by atoms with van der Waals surface area (Å²) in [4.78, 5) is 12.8. The second kappa shape index (κ2) is 4.89. The van der Waals surface area contributed by atoms with Crippen LogP contribution < -0.4 is 11.1 Å². The fraction of sp³-hybridized carbons (Fsp3) is 0.0714. The largest absolute Gasteiger partial charge is 0.399 e. The second-order valence-electron chi connectivity index (χ2n) is 4.19. The van der Waals surface area contributed by atoms with Gasteiger partial charge in [0.1, 0.15) is 11.3 Å². The van der Waals surface area contributed by atoms with Gasteiger partial charge in [0.25, 0.3) is 0 Å². The maximum absolute atomic E-state index is 5.65. The highest BCUT2D eigenvalue weighted by molar-refractivity contribution is 5.71.